The third-order valence-electron chi connectivity index (χ3n) is 8.95. The molecule has 3 N–H and O–H groups in total. The first-order valence-corrected chi connectivity index (χ1v) is 16.6. The van der Waals surface area contributed by atoms with Gasteiger partial charge in [0.05, 0.1) is 17.1 Å². The molecule has 0 radical (unpaired) electrons. The van der Waals surface area contributed by atoms with E-state index >= 15 is 0 Å². The van der Waals surface area contributed by atoms with Gasteiger partial charge in [-0.25, -0.2) is 19.4 Å². The van der Waals surface area contributed by atoms with Crippen LogP contribution in [0.1, 0.15) is 62.7 Å². The summed E-state index contributed by atoms with van der Waals surface area (Å²) in [5.74, 6) is 0.471. The molecule has 5 heterocycles. The second kappa shape index (κ2) is 11.7. The zero-order chi connectivity index (χ0) is 32.9. The van der Waals surface area contributed by atoms with Gasteiger partial charge in [0.2, 0.25) is 5.88 Å². The Morgan fingerprint density at radius 1 is 1.15 bits per heavy atom. The molecule has 0 unspecified atom stereocenters. The van der Waals surface area contributed by atoms with Gasteiger partial charge in [0.15, 0.2) is 10.8 Å². The van der Waals surface area contributed by atoms with E-state index in [0.717, 1.165) is 19.3 Å². The summed E-state index contributed by atoms with van der Waals surface area (Å²) < 4.78 is 75.2. The molecule has 3 aliphatic rings. The second-order valence-corrected chi connectivity index (χ2v) is 14.6. The number of carbonyl (C=O) groups is 1. The van der Waals surface area contributed by atoms with Crippen LogP contribution in [0.2, 0.25) is 0 Å². The van der Waals surface area contributed by atoms with Crippen molar-refractivity contribution in [3.8, 4) is 11.7 Å². The lowest BCUT2D eigenvalue weighted by Gasteiger charge is -2.34. The number of rotatable bonds is 6. The molecular formula is C30H36F3N7O5S. The first-order valence-electron chi connectivity index (χ1n) is 15.2. The number of fused-ring (bicyclic) bond motifs is 6. The maximum absolute atomic E-state index is 13.6. The molecule has 3 aromatic rings. The monoisotopic (exact) mass is 663 g/mol. The number of aliphatic hydroxyl groups excluding tert-OH is 1. The number of anilines is 2. The minimum Gasteiger partial charge on any atom is -0.474 e. The van der Waals surface area contributed by atoms with Crippen molar-refractivity contribution in [3.63, 3.8) is 0 Å². The van der Waals surface area contributed by atoms with Gasteiger partial charge in [0.1, 0.15) is 18.2 Å². The highest BCUT2D eigenvalue weighted by Gasteiger charge is 2.63. The number of hydrogen-bond donors (Lipinski definition) is 3. The van der Waals surface area contributed by atoms with E-state index in [0.29, 0.717) is 24.7 Å². The zero-order valence-corrected chi connectivity index (χ0v) is 26.2. The quantitative estimate of drug-likeness (QED) is 0.352. The molecule has 1 amide bonds. The summed E-state index contributed by atoms with van der Waals surface area (Å²) >= 11 is 0. The minimum absolute atomic E-state index is 0.00795. The van der Waals surface area contributed by atoms with E-state index in [2.05, 4.69) is 20.1 Å². The molecular weight excluding hydrogens is 627 g/mol. The Balaban J connectivity index is 1.27. The van der Waals surface area contributed by atoms with Crippen LogP contribution in [0.15, 0.2) is 47.6 Å². The van der Waals surface area contributed by atoms with Crippen LogP contribution in [0.25, 0.3) is 5.82 Å². The smallest absolute Gasteiger partial charge is 0.394 e. The van der Waals surface area contributed by atoms with Gasteiger partial charge in [-0.15, -0.1) is 5.10 Å². The molecule has 3 aromatic heterocycles. The summed E-state index contributed by atoms with van der Waals surface area (Å²) in [6, 6.07) is 9.02. The largest absolute Gasteiger partial charge is 0.474 e. The predicted octanol–water partition coefficient (Wildman–Crippen LogP) is 4.06. The number of aliphatic hydroxyl groups is 1. The highest BCUT2D eigenvalue weighted by atomic mass is 32.2. The van der Waals surface area contributed by atoms with E-state index in [1.54, 1.807) is 12.1 Å². The van der Waals surface area contributed by atoms with Gasteiger partial charge in [-0.1, -0.05) is 6.07 Å². The van der Waals surface area contributed by atoms with Crippen LogP contribution in [0.3, 0.4) is 0 Å². The highest BCUT2D eigenvalue weighted by molar-refractivity contribution is 7.90. The number of nitrogens with zero attached hydrogens (tertiary/aromatic N) is 5. The van der Waals surface area contributed by atoms with Gasteiger partial charge < -0.3 is 20.1 Å². The molecule has 0 spiro atoms. The number of sulfonamides is 1. The standard InChI is InChI=1S/C30H36F3N7O5S/c1-28(2)15-19-5-4-13-34-22-6-3-7-25(35-22)46(43,44)38-27(42)21-8-9-23(36-26(21)39(28)17-19)40-14-10-24(37-40)45-18-20(41)16-29(11-12-29)30(31,32)33/h3,6-10,14,19-20,41H,4-5,11-13,15-18H2,1-2H3,(H,34,35)(H,38,42)/t19-,20-/m0/s1. The molecule has 1 aliphatic carbocycles. The lowest BCUT2D eigenvalue weighted by Crippen LogP contribution is -2.41. The van der Waals surface area contributed by atoms with Crippen molar-refractivity contribution in [2.24, 2.45) is 11.3 Å². The van der Waals surface area contributed by atoms with E-state index in [1.807, 2.05) is 18.7 Å². The number of halogens is 3. The van der Waals surface area contributed by atoms with Crippen molar-refractivity contribution in [2.75, 3.05) is 29.9 Å². The summed E-state index contributed by atoms with van der Waals surface area (Å²) in [6.45, 7) is 4.92. The van der Waals surface area contributed by atoms with Crippen LogP contribution in [-0.4, -0.2) is 76.7 Å². The van der Waals surface area contributed by atoms with Crippen molar-refractivity contribution in [3.05, 3.63) is 48.2 Å². The molecule has 16 heteroatoms. The Kier molecular flexibility index (Phi) is 8.15. The van der Waals surface area contributed by atoms with Gasteiger partial charge >= 0.3 is 6.18 Å². The van der Waals surface area contributed by atoms with Crippen molar-refractivity contribution in [1.82, 2.24) is 24.5 Å². The summed E-state index contributed by atoms with van der Waals surface area (Å²) in [5.41, 5.74) is -2.21. The third kappa shape index (κ3) is 6.49. The number of ether oxygens (including phenoxy) is 1. The number of aromatic nitrogens is 4. The predicted molar refractivity (Wildman–Crippen MR) is 161 cm³/mol. The van der Waals surface area contributed by atoms with Gasteiger partial charge in [0, 0.05) is 30.9 Å². The van der Waals surface area contributed by atoms with Crippen LogP contribution >= 0.6 is 0 Å². The fourth-order valence-electron chi connectivity index (χ4n) is 6.36. The minimum atomic E-state index is -4.37. The lowest BCUT2D eigenvalue weighted by molar-refractivity contribution is -0.195. The van der Waals surface area contributed by atoms with E-state index in [9.17, 15) is 31.5 Å². The molecule has 2 fully saturated rings. The molecule has 4 bridgehead atoms. The average Bonchev–Trinajstić information content (AvgIpc) is 3.51. The maximum atomic E-state index is 13.6. The summed E-state index contributed by atoms with van der Waals surface area (Å²) in [4.78, 5) is 24.5. The van der Waals surface area contributed by atoms with Crippen molar-refractivity contribution < 1.29 is 36.2 Å². The molecule has 46 heavy (non-hydrogen) atoms. The van der Waals surface area contributed by atoms with E-state index in [4.69, 9.17) is 9.72 Å². The Morgan fingerprint density at radius 2 is 1.93 bits per heavy atom. The first-order chi connectivity index (χ1) is 21.7. The Hall–Kier alpha value is -3.92. The first kappa shape index (κ1) is 32.0. The topological polar surface area (TPSA) is 152 Å². The number of nitrogens with one attached hydrogen (secondary N) is 2. The van der Waals surface area contributed by atoms with E-state index in [1.165, 1.54) is 35.1 Å². The van der Waals surface area contributed by atoms with E-state index in [-0.39, 0.29) is 47.7 Å². The summed E-state index contributed by atoms with van der Waals surface area (Å²) in [7, 11) is -4.32. The van der Waals surface area contributed by atoms with Crippen LogP contribution in [0.5, 0.6) is 5.88 Å². The highest BCUT2D eigenvalue weighted by Crippen LogP contribution is 2.60. The van der Waals surface area contributed by atoms with E-state index < -0.39 is 45.6 Å². The summed E-state index contributed by atoms with van der Waals surface area (Å²) in [5, 5.41) is 17.4. The Labute approximate surface area is 264 Å². The number of hydrogen-bond acceptors (Lipinski definition) is 10. The van der Waals surface area contributed by atoms with Gasteiger partial charge in [-0.3, -0.25) is 4.79 Å². The Bertz CT molecular complexity index is 1730. The van der Waals surface area contributed by atoms with Gasteiger partial charge in [-0.05, 0) is 82.6 Å². The molecule has 2 aliphatic heterocycles. The van der Waals surface area contributed by atoms with Crippen LogP contribution in [0.4, 0.5) is 24.8 Å². The average molecular weight is 664 g/mol. The van der Waals surface area contributed by atoms with Crippen molar-refractivity contribution in [2.45, 2.75) is 75.2 Å². The van der Waals surface area contributed by atoms with Crippen molar-refractivity contribution in [1.29, 1.82) is 0 Å². The second-order valence-electron chi connectivity index (χ2n) is 12.9. The molecule has 1 saturated carbocycles. The summed E-state index contributed by atoms with van der Waals surface area (Å²) in [6.07, 6.45) is -2.07. The maximum Gasteiger partial charge on any atom is 0.394 e. The number of pyridine rings is 2. The fraction of sp³-hybridized carbons (Fsp3) is 0.533. The number of amides is 1. The fourth-order valence-corrected chi connectivity index (χ4v) is 7.29. The molecule has 12 nitrogen and oxygen atoms in total. The molecule has 2 atom stereocenters. The SMILES string of the molecule is CC1(C)C[C@@H]2CCCNc3cccc(n3)S(=O)(=O)NC(=O)c3ccc(-n4ccc(OC[C@@H](O)CC5(C(F)(F)F)CC5)n4)nc3N1C2. The third-order valence-corrected chi connectivity index (χ3v) is 10.2. The molecule has 0 aromatic carbocycles. The van der Waals surface area contributed by atoms with Crippen molar-refractivity contribution >= 4 is 27.6 Å². The zero-order valence-electron chi connectivity index (χ0n) is 25.4. The normalized spacial score (nSPS) is 22.4. The van der Waals surface area contributed by atoms with Crippen LogP contribution in [0, 0.1) is 11.3 Å². The molecule has 248 valence electrons. The van der Waals surface area contributed by atoms with Crippen LogP contribution in [-0.2, 0) is 10.0 Å². The number of carbonyl (C=O) groups excluding carboxylic acids is 1. The van der Waals surface area contributed by atoms with Gasteiger partial charge in [0.25, 0.3) is 15.9 Å². The van der Waals surface area contributed by atoms with Crippen LogP contribution < -0.4 is 19.7 Å². The van der Waals surface area contributed by atoms with Gasteiger partial charge in [-0.2, -0.15) is 21.6 Å². The molecule has 1 saturated heterocycles. The lowest BCUT2D eigenvalue weighted by atomic mass is 9.93. The molecule has 6 rings (SSSR count). The number of alkyl halides is 3. The Morgan fingerprint density at radius 3 is 2.67 bits per heavy atom.